The van der Waals surface area contributed by atoms with Gasteiger partial charge in [-0.25, -0.2) is 0 Å². The number of hydrogen-bond acceptors (Lipinski definition) is 1. The van der Waals surface area contributed by atoms with Crippen molar-refractivity contribution in [2.24, 2.45) is 0 Å². The monoisotopic (exact) mass is 191 g/mol. The number of allylic oxidation sites excluding steroid dienone is 4. The molecular formula is C13H21N. The second-order valence-electron chi connectivity index (χ2n) is 3.42. The summed E-state index contributed by atoms with van der Waals surface area (Å²) in [5, 5.41) is 8.32. The lowest BCUT2D eigenvalue weighted by Gasteiger charge is -1.96. The third-order valence-electron chi connectivity index (χ3n) is 2.10. The number of nitriles is 1. The van der Waals surface area contributed by atoms with Crippen molar-refractivity contribution in [2.75, 3.05) is 0 Å². The Kier molecular flexibility index (Phi) is 11.1. The zero-order valence-electron chi connectivity index (χ0n) is 9.21. The minimum absolute atomic E-state index is 0.723. The maximum atomic E-state index is 8.32. The molecule has 1 nitrogen and oxygen atoms in total. The molecule has 0 aromatic rings. The minimum atomic E-state index is 0.723. The van der Waals surface area contributed by atoms with Crippen LogP contribution < -0.4 is 0 Å². The molecule has 0 saturated carbocycles. The van der Waals surface area contributed by atoms with E-state index in [1.807, 2.05) is 13.0 Å². The summed E-state index contributed by atoms with van der Waals surface area (Å²) in [5.74, 6) is 0. The zero-order chi connectivity index (χ0) is 10.5. The molecule has 78 valence electrons. The second kappa shape index (κ2) is 12.0. The van der Waals surface area contributed by atoms with Crippen LogP contribution in [0, 0.1) is 11.3 Å². The van der Waals surface area contributed by atoms with E-state index in [9.17, 15) is 0 Å². The Bertz CT molecular complexity index is 196. The van der Waals surface area contributed by atoms with E-state index in [4.69, 9.17) is 5.26 Å². The van der Waals surface area contributed by atoms with Crippen LogP contribution in [0.5, 0.6) is 0 Å². The van der Waals surface area contributed by atoms with Crippen molar-refractivity contribution >= 4 is 0 Å². The number of hydrogen-bond donors (Lipinski definition) is 0. The van der Waals surface area contributed by atoms with Gasteiger partial charge in [-0.1, -0.05) is 43.6 Å². The van der Waals surface area contributed by atoms with Crippen LogP contribution in [0.2, 0.25) is 0 Å². The van der Waals surface area contributed by atoms with Crippen LogP contribution in [0.1, 0.15) is 51.9 Å². The first-order valence-electron chi connectivity index (χ1n) is 5.56. The largest absolute Gasteiger partial charge is 0.198 e. The van der Waals surface area contributed by atoms with Gasteiger partial charge in [-0.15, -0.1) is 0 Å². The summed E-state index contributed by atoms with van der Waals surface area (Å²) in [7, 11) is 0. The lowest BCUT2D eigenvalue weighted by atomic mass is 10.1. The Morgan fingerprint density at radius 3 is 2.43 bits per heavy atom. The van der Waals surface area contributed by atoms with Crippen LogP contribution in [-0.2, 0) is 0 Å². The lowest BCUT2D eigenvalue weighted by Crippen LogP contribution is -1.77. The highest BCUT2D eigenvalue weighted by Crippen LogP contribution is 2.06. The SMILES string of the molecule is C/C=C/C=C/CCCCCCCC#N. The second-order valence-corrected chi connectivity index (χ2v) is 3.42. The van der Waals surface area contributed by atoms with Crippen molar-refractivity contribution in [1.29, 1.82) is 5.26 Å². The molecule has 0 aromatic heterocycles. The molecule has 0 heterocycles. The van der Waals surface area contributed by atoms with Gasteiger partial charge in [0.1, 0.15) is 0 Å². The highest BCUT2D eigenvalue weighted by Gasteiger charge is 1.88. The zero-order valence-corrected chi connectivity index (χ0v) is 9.21. The summed E-state index contributed by atoms with van der Waals surface area (Å²) >= 11 is 0. The molecule has 0 radical (unpaired) electrons. The van der Waals surface area contributed by atoms with Crippen LogP contribution in [0.25, 0.3) is 0 Å². The van der Waals surface area contributed by atoms with E-state index in [1.165, 1.54) is 32.1 Å². The maximum Gasteiger partial charge on any atom is 0.0621 e. The maximum absolute atomic E-state index is 8.32. The van der Waals surface area contributed by atoms with Crippen LogP contribution >= 0.6 is 0 Å². The average molecular weight is 191 g/mol. The molecule has 0 aliphatic rings. The summed E-state index contributed by atoms with van der Waals surface area (Å²) in [6, 6.07) is 2.17. The van der Waals surface area contributed by atoms with Crippen molar-refractivity contribution in [1.82, 2.24) is 0 Å². The molecule has 0 fully saturated rings. The van der Waals surface area contributed by atoms with Gasteiger partial charge in [0, 0.05) is 6.42 Å². The smallest absolute Gasteiger partial charge is 0.0621 e. The fourth-order valence-corrected chi connectivity index (χ4v) is 1.28. The summed E-state index contributed by atoms with van der Waals surface area (Å²) in [6.45, 7) is 2.03. The molecule has 0 atom stereocenters. The Morgan fingerprint density at radius 1 is 1.00 bits per heavy atom. The number of nitrogens with zero attached hydrogens (tertiary/aromatic N) is 1. The molecular weight excluding hydrogens is 170 g/mol. The highest BCUT2D eigenvalue weighted by molar-refractivity contribution is 5.00. The highest BCUT2D eigenvalue weighted by atomic mass is 14.2. The van der Waals surface area contributed by atoms with Gasteiger partial charge in [0.05, 0.1) is 6.07 Å². The third kappa shape index (κ3) is 11.0. The Hall–Kier alpha value is -1.03. The Balaban J connectivity index is 3.03. The van der Waals surface area contributed by atoms with Gasteiger partial charge >= 0.3 is 0 Å². The van der Waals surface area contributed by atoms with Gasteiger partial charge < -0.3 is 0 Å². The van der Waals surface area contributed by atoms with E-state index in [0.29, 0.717) is 0 Å². The van der Waals surface area contributed by atoms with Gasteiger partial charge in [-0.3, -0.25) is 0 Å². The first-order chi connectivity index (χ1) is 6.91. The van der Waals surface area contributed by atoms with E-state index < -0.39 is 0 Å². The molecule has 0 rings (SSSR count). The van der Waals surface area contributed by atoms with E-state index in [0.717, 1.165) is 12.8 Å². The molecule has 0 bridgehead atoms. The van der Waals surface area contributed by atoms with Gasteiger partial charge in [-0.05, 0) is 26.2 Å². The van der Waals surface area contributed by atoms with Crippen LogP contribution in [0.3, 0.4) is 0 Å². The summed E-state index contributed by atoms with van der Waals surface area (Å²) in [4.78, 5) is 0. The quantitative estimate of drug-likeness (QED) is 0.413. The minimum Gasteiger partial charge on any atom is -0.198 e. The summed E-state index contributed by atoms with van der Waals surface area (Å²) < 4.78 is 0. The molecule has 0 unspecified atom stereocenters. The average Bonchev–Trinajstić information content (AvgIpc) is 2.21. The Labute approximate surface area is 88.1 Å². The van der Waals surface area contributed by atoms with Crippen molar-refractivity contribution < 1.29 is 0 Å². The third-order valence-corrected chi connectivity index (χ3v) is 2.10. The van der Waals surface area contributed by atoms with Gasteiger partial charge in [0.2, 0.25) is 0 Å². The predicted octanol–water partition coefficient (Wildman–Crippen LogP) is 4.37. The number of unbranched alkanes of at least 4 members (excludes halogenated alkanes) is 6. The topological polar surface area (TPSA) is 23.8 Å². The fourth-order valence-electron chi connectivity index (χ4n) is 1.28. The molecule has 0 aliphatic heterocycles. The molecule has 14 heavy (non-hydrogen) atoms. The summed E-state index contributed by atoms with van der Waals surface area (Å²) in [6.07, 6.45) is 16.5. The number of rotatable bonds is 8. The van der Waals surface area contributed by atoms with E-state index in [1.54, 1.807) is 0 Å². The molecule has 0 aromatic carbocycles. The van der Waals surface area contributed by atoms with Crippen LogP contribution in [0.4, 0.5) is 0 Å². The lowest BCUT2D eigenvalue weighted by molar-refractivity contribution is 0.624. The molecule has 1 heteroatoms. The fraction of sp³-hybridized carbons (Fsp3) is 0.615. The molecule has 0 amide bonds. The van der Waals surface area contributed by atoms with Crippen molar-refractivity contribution in [3.8, 4) is 6.07 Å². The van der Waals surface area contributed by atoms with Crippen molar-refractivity contribution in [3.63, 3.8) is 0 Å². The van der Waals surface area contributed by atoms with Crippen LogP contribution in [0.15, 0.2) is 24.3 Å². The molecule has 0 aliphatic carbocycles. The van der Waals surface area contributed by atoms with E-state index in [2.05, 4.69) is 24.3 Å². The normalized spacial score (nSPS) is 11.1. The molecule has 0 N–H and O–H groups in total. The first kappa shape index (κ1) is 13.0. The predicted molar refractivity (Wildman–Crippen MR) is 61.9 cm³/mol. The molecule has 0 saturated heterocycles. The van der Waals surface area contributed by atoms with Crippen molar-refractivity contribution in [3.05, 3.63) is 24.3 Å². The van der Waals surface area contributed by atoms with Crippen LogP contribution in [-0.4, -0.2) is 0 Å². The summed E-state index contributed by atoms with van der Waals surface area (Å²) in [5.41, 5.74) is 0. The van der Waals surface area contributed by atoms with Crippen molar-refractivity contribution in [2.45, 2.75) is 51.9 Å². The Morgan fingerprint density at radius 2 is 1.71 bits per heavy atom. The van der Waals surface area contributed by atoms with Gasteiger partial charge in [0.25, 0.3) is 0 Å². The standard InChI is InChI=1S/C13H21N/c1-2-3-4-5-6-7-8-9-10-11-12-13-14/h2-5H,6-12H2,1H3/b3-2+,5-4+. The first-order valence-corrected chi connectivity index (χ1v) is 5.56. The van der Waals surface area contributed by atoms with Gasteiger partial charge in [0.15, 0.2) is 0 Å². The van der Waals surface area contributed by atoms with Gasteiger partial charge in [-0.2, -0.15) is 5.26 Å². The van der Waals surface area contributed by atoms with E-state index in [-0.39, 0.29) is 0 Å². The van der Waals surface area contributed by atoms with E-state index >= 15 is 0 Å². The molecule has 0 spiro atoms.